The number of halogens is 6. The maximum absolute atomic E-state index is 13.8. The number of amides is 6. The standard InChI is InChI=1S/C23H19BrFN5O2.C22H17BrFN5O2.C22H19BrFN5O2/c24-16-6-9-20(27-13-16)29-23(32)18-12-17(25)7-8-19(18)28-22(31)15-4-2-14(3-5-15)21(26)30-10-1-11-30;23-15-5-8-19(27-12-15)29-22(31)17-11-16(24)6-7-18(17)28-21(30)14-3-1-13(2-4-14)20-25-9-10-26-20;1-29(2)20(25)13-3-5-14(6-4-13)21(30)27-18-9-8-16(24)11-17(18)22(31)28-19-10-7-15(23)12-26-19/h2-9,12-13,26H,1,10-11H2,(H,28,31)(H,27,29,32);1-8,11-12H,9-10H2,(H,25,26)(H,28,30)(H,27,29,31);3-12,25H,1-2H3,(H,27,30)(H,26,28,31). The van der Waals surface area contributed by atoms with Gasteiger partial charge in [-0.2, -0.15) is 0 Å². The number of hydrogen-bond acceptors (Lipinski definition) is 13. The van der Waals surface area contributed by atoms with Crippen LogP contribution in [0.5, 0.6) is 0 Å². The Bertz CT molecular complexity index is 4360. The Morgan fingerprint density at radius 1 is 0.457 bits per heavy atom. The predicted molar refractivity (Wildman–Crippen MR) is 365 cm³/mol. The van der Waals surface area contributed by atoms with E-state index >= 15 is 0 Å². The van der Waals surface area contributed by atoms with E-state index in [9.17, 15) is 41.9 Å². The number of aliphatic imine (C=N–C) groups is 1. The number of carbonyl (C=O) groups is 6. The number of rotatable bonds is 15. The number of pyridine rings is 3. The number of anilines is 6. The summed E-state index contributed by atoms with van der Waals surface area (Å²) >= 11 is 9.79. The van der Waals surface area contributed by atoms with Gasteiger partial charge < -0.3 is 47.0 Å². The average Bonchev–Trinajstić information content (AvgIpc) is 1.15. The summed E-state index contributed by atoms with van der Waals surface area (Å²) in [5, 5.41) is 35.1. The maximum Gasteiger partial charge on any atom is 0.259 e. The van der Waals surface area contributed by atoms with Gasteiger partial charge >= 0.3 is 0 Å². The van der Waals surface area contributed by atoms with Crippen LogP contribution in [-0.4, -0.2) is 118 Å². The fourth-order valence-electron chi connectivity index (χ4n) is 8.83. The molecular weight excluding hydrogens is 1410 g/mol. The molecule has 5 heterocycles. The van der Waals surface area contributed by atoms with Gasteiger partial charge in [0, 0.05) is 99.1 Å². The first kappa shape index (κ1) is 67.6. The summed E-state index contributed by atoms with van der Waals surface area (Å²) in [4.78, 5) is 96.3. The second kappa shape index (κ2) is 31.5. The van der Waals surface area contributed by atoms with Gasteiger partial charge in [-0.3, -0.25) is 44.6 Å². The summed E-state index contributed by atoms with van der Waals surface area (Å²) in [6.07, 6.45) is 5.65. The third-order valence-electron chi connectivity index (χ3n) is 13.9. The molecule has 1 fully saturated rings. The Kier molecular flexibility index (Phi) is 22.7. The van der Waals surface area contributed by atoms with E-state index in [1.807, 2.05) is 4.90 Å². The zero-order chi connectivity index (χ0) is 67.0. The van der Waals surface area contributed by atoms with Gasteiger partial charge in [0.15, 0.2) is 0 Å². The van der Waals surface area contributed by atoms with E-state index in [1.165, 1.54) is 48.9 Å². The van der Waals surface area contributed by atoms with Crippen LogP contribution in [0.1, 0.15) is 85.3 Å². The first-order chi connectivity index (χ1) is 45.1. The molecule has 1 saturated heterocycles. The molecule has 94 heavy (non-hydrogen) atoms. The molecule has 476 valence electrons. The second-order valence-corrected chi connectivity index (χ2v) is 23.4. The summed E-state index contributed by atoms with van der Waals surface area (Å²) in [6, 6.07) is 40.7. The number of amidine groups is 3. The van der Waals surface area contributed by atoms with Crippen LogP contribution in [0.25, 0.3) is 0 Å². The van der Waals surface area contributed by atoms with Crippen molar-refractivity contribution in [2.24, 2.45) is 4.99 Å². The van der Waals surface area contributed by atoms with Gasteiger partial charge in [-0.1, -0.05) is 36.4 Å². The normalized spacial score (nSPS) is 11.9. The SMILES string of the molecule is CN(C)C(=N)c1ccc(C(=O)Nc2ccc(F)cc2C(=O)Nc2ccc(Br)cn2)cc1.N=C(c1ccc(C(=O)Nc2ccc(F)cc2C(=O)Nc2ccc(Br)cn2)cc1)N1CCC1.O=C(Nc1ccc(F)cc1C(=O)Nc1ccc(Br)cn1)c1ccc(C2=NCCN2)cc1. The molecule has 0 atom stereocenters. The van der Waals surface area contributed by atoms with Crippen molar-refractivity contribution in [3.8, 4) is 0 Å². The third-order valence-corrected chi connectivity index (χ3v) is 15.3. The molecule has 6 amide bonds. The molecule has 9 N–H and O–H groups in total. The molecule has 0 unspecified atom stereocenters. The van der Waals surface area contributed by atoms with Gasteiger partial charge in [-0.15, -0.1) is 0 Å². The van der Waals surface area contributed by atoms with E-state index in [2.05, 4.69) is 105 Å². The number of nitrogens with one attached hydrogen (secondary N) is 9. The van der Waals surface area contributed by atoms with Crippen molar-refractivity contribution in [3.63, 3.8) is 0 Å². The molecule has 21 nitrogen and oxygen atoms in total. The quantitative estimate of drug-likeness (QED) is 0.0342. The molecular formula is C67H55Br3F3N15O6. The second-order valence-electron chi connectivity index (χ2n) is 20.7. The molecule has 0 radical (unpaired) electrons. The van der Waals surface area contributed by atoms with E-state index in [1.54, 1.807) is 128 Å². The van der Waals surface area contributed by atoms with Crippen molar-refractivity contribution in [1.29, 1.82) is 10.8 Å². The zero-order valence-electron chi connectivity index (χ0n) is 49.8. The Balaban J connectivity index is 0.000000166. The minimum absolute atomic E-state index is 0.0146. The first-order valence-corrected chi connectivity index (χ1v) is 30.8. The molecule has 3 aromatic heterocycles. The lowest BCUT2D eigenvalue weighted by Gasteiger charge is -2.33. The van der Waals surface area contributed by atoms with Gasteiger partial charge in [0.25, 0.3) is 35.4 Å². The smallest absolute Gasteiger partial charge is 0.259 e. The van der Waals surface area contributed by atoms with Crippen molar-refractivity contribution in [3.05, 3.63) is 263 Å². The summed E-state index contributed by atoms with van der Waals surface area (Å²) in [5.74, 6) is -2.54. The van der Waals surface area contributed by atoms with E-state index in [4.69, 9.17) is 10.8 Å². The van der Waals surface area contributed by atoms with Crippen LogP contribution in [-0.2, 0) is 0 Å². The Morgan fingerprint density at radius 2 is 0.809 bits per heavy atom. The Labute approximate surface area is 561 Å². The minimum atomic E-state index is -0.613. The molecule has 0 spiro atoms. The van der Waals surface area contributed by atoms with Crippen molar-refractivity contribution in [1.82, 2.24) is 30.1 Å². The van der Waals surface area contributed by atoms with Gasteiger partial charge in [-0.05, 0) is 182 Å². The molecule has 0 bridgehead atoms. The number of aromatic nitrogens is 3. The highest BCUT2D eigenvalue weighted by Gasteiger charge is 2.22. The highest BCUT2D eigenvalue weighted by molar-refractivity contribution is 9.11. The van der Waals surface area contributed by atoms with Gasteiger partial charge in [-0.25, -0.2) is 28.1 Å². The fraction of sp³-hybridized carbons (Fsp3) is 0.104. The fourth-order valence-corrected chi connectivity index (χ4v) is 9.54. The number of carbonyl (C=O) groups excluding carboxylic acids is 6. The van der Waals surface area contributed by atoms with Crippen molar-refractivity contribution >= 4 is 135 Å². The number of likely N-dealkylation sites (tertiary alicyclic amines) is 1. The van der Waals surface area contributed by atoms with Crippen molar-refractivity contribution < 1.29 is 41.9 Å². The summed E-state index contributed by atoms with van der Waals surface area (Å²) in [7, 11) is 3.52. The molecule has 2 aliphatic rings. The monoisotopic (exact) mass is 1460 g/mol. The first-order valence-electron chi connectivity index (χ1n) is 28.4. The summed E-state index contributed by atoms with van der Waals surface area (Å²) < 4.78 is 43.7. The van der Waals surface area contributed by atoms with Crippen LogP contribution in [0.15, 0.2) is 201 Å². The number of nitrogens with zero attached hydrogens (tertiary/aromatic N) is 6. The van der Waals surface area contributed by atoms with Crippen molar-refractivity contribution in [2.45, 2.75) is 6.42 Å². The van der Waals surface area contributed by atoms with Crippen LogP contribution in [0.4, 0.5) is 47.7 Å². The topological polar surface area (TPSA) is 292 Å². The van der Waals surface area contributed by atoms with Crippen LogP contribution in [0.3, 0.4) is 0 Å². The lowest BCUT2D eigenvalue weighted by Crippen LogP contribution is -2.42. The average molecular weight is 1460 g/mol. The lowest BCUT2D eigenvalue weighted by molar-refractivity contribution is 0.101. The predicted octanol–water partition coefficient (Wildman–Crippen LogP) is 12.7. The van der Waals surface area contributed by atoms with E-state index in [0.29, 0.717) is 45.6 Å². The highest BCUT2D eigenvalue weighted by atomic mass is 79.9. The molecule has 11 rings (SSSR count). The maximum atomic E-state index is 13.8. The molecule has 9 aromatic rings. The number of benzene rings is 6. The molecule has 2 aliphatic heterocycles. The van der Waals surface area contributed by atoms with Gasteiger partial charge in [0.1, 0.15) is 52.4 Å². The van der Waals surface area contributed by atoms with Crippen molar-refractivity contribution in [2.75, 3.05) is 72.2 Å². The van der Waals surface area contributed by atoms with E-state index < -0.39 is 52.9 Å². The molecule has 6 aromatic carbocycles. The minimum Gasteiger partial charge on any atom is -0.368 e. The zero-order valence-corrected chi connectivity index (χ0v) is 54.5. The summed E-state index contributed by atoms with van der Waals surface area (Å²) in [5.41, 5.74) is 3.79. The largest absolute Gasteiger partial charge is 0.368 e. The Morgan fingerprint density at radius 3 is 1.12 bits per heavy atom. The van der Waals surface area contributed by atoms with Crippen LogP contribution >= 0.6 is 47.8 Å². The van der Waals surface area contributed by atoms with E-state index in [-0.39, 0.29) is 39.6 Å². The Hall–Kier alpha value is -10.8. The van der Waals surface area contributed by atoms with E-state index in [0.717, 1.165) is 87.2 Å². The molecule has 0 aliphatic carbocycles. The molecule has 0 saturated carbocycles. The third kappa shape index (κ3) is 18.3. The highest BCUT2D eigenvalue weighted by Crippen LogP contribution is 2.25. The van der Waals surface area contributed by atoms with Crippen LogP contribution in [0.2, 0.25) is 0 Å². The van der Waals surface area contributed by atoms with Crippen LogP contribution < -0.4 is 37.2 Å². The van der Waals surface area contributed by atoms with Gasteiger partial charge in [0.2, 0.25) is 0 Å². The van der Waals surface area contributed by atoms with Crippen LogP contribution in [0, 0.1) is 28.3 Å². The lowest BCUT2D eigenvalue weighted by atomic mass is 10.1. The van der Waals surface area contributed by atoms with Gasteiger partial charge in [0.05, 0.1) is 40.3 Å². The summed E-state index contributed by atoms with van der Waals surface area (Å²) in [6.45, 7) is 3.25. The molecule has 27 heteroatoms. The number of hydrogen-bond donors (Lipinski definition) is 9.